The Labute approximate surface area is 150 Å². The van der Waals surface area contributed by atoms with Gasteiger partial charge >= 0.3 is 7.12 Å². The van der Waals surface area contributed by atoms with Gasteiger partial charge in [0.15, 0.2) is 0 Å². The van der Waals surface area contributed by atoms with Crippen LogP contribution in [0.2, 0.25) is 0 Å². The van der Waals surface area contributed by atoms with Crippen LogP contribution in [0, 0.1) is 5.92 Å². The summed E-state index contributed by atoms with van der Waals surface area (Å²) in [4.78, 5) is 0. The van der Waals surface area contributed by atoms with Crippen molar-refractivity contribution in [2.45, 2.75) is 83.3 Å². The molecule has 1 saturated heterocycles. The van der Waals surface area contributed by atoms with Crippen molar-refractivity contribution in [3.8, 4) is 0 Å². The number of halogens is 2. The summed E-state index contributed by atoms with van der Waals surface area (Å²) in [5.74, 6) is -2.09. The van der Waals surface area contributed by atoms with E-state index in [9.17, 15) is 8.78 Å². The maximum Gasteiger partial charge on any atom is 0.494 e. The normalized spacial score (nSPS) is 28.5. The fourth-order valence-electron chi connectivity index (χ4n) is 4.01. The van der Waals surface area contributed by atoms with E-state index in [0.29, 0.717) is 5.92 Å². The molecule has 2 atom stereocenters. The zero-order valence-corrected chi connectivity index (χ0v) is 15.9. The van der Waals surface area contributed by atoms with Crippen molar-refractivity contribution in [2.75, 3.05) is 0 Å². The Balaban J connectivity index is 1.71. The summed E-state index contributed by atoms with van der Waals surface area (Å²) in [7, 11) is -0.373. The van der Waals surface area contributed by atoms with Crippen molar-refractivity contribution in [1.29, 1.82) is 0 Å². The number of hydrogen-bond donors (Lipinski definition) is 0. The molecule has 0 N–H and O–H groups in total. The van der Waals surface area contributed by atoms with Gasteiger partial charge in [-0.15, -0.1) is 0 Å². The predicted octanol–water partition coefficient (Wildman–Crippen LogP) is 4.91. The Morgan fingerprint density at radius 3 is 2.36 bits per heavy atom. The summed E-state index contributed by atoms with van der Waals surface area (Å²) >= 11 is 0. The van der Waals surface area contributed by atoms with E-state index in [1.54, 1.807) is 0 Å². The minimum absolute atomic E-state index is 0.000413. The van der Waals surface area contributed by atoms with Crippen molar-refractivity contribution in [3.05, 3.63) is 29.8 Å². The van der Waals surface area contributed by atoms with Gasteiger partial charge in [-0.3, -0.25) is 0 Å². The van der Waals surface area contributed by atoms with Crippen molar-refractivity contribution in [2.24, 2.45) is 5.92 Å². The first-order valence-corrected chi connectivity index (χ1v) is 9.30. The molecular weight excluding hydrogens is 321 g/mol. The van der Waals surface area contributed by atoms with Crippen LogP contribution in [0.4, 0.5) is 8.78 Å². The zero-order chi connectivity index (χ0) is 18.5. The third-order valence-corrected chi connectivity index (χ3v) is 6.10. The molecular formula is C20H29BF2O2. The maximum absolute atomic E-state index is 13.3. The first-order chi connectivity index (χ1) is 11.5. The fraction of sp³-hybridized carbons (Fsp3) is 0.700. The molecule has 1 aliphatic carbocycles. The molecule has 1 aromatic carbocycles. The van der Waals surface area contributed by atoms with Crippen LogP contribution < -0.4 is 5.46 Å². The van der Waals surface area contributed by atoms with Crippen molar-refractivity contribution in [1.82, 2.24) is 0 Å². The quantitative estimate of drug-likeness (QED) is 0.718. The molecule has 0 aromatic heterocycles. The average molecular weight is 350 g/mol. The smallest absolute Gasteiger partial charge is 0.399 e. The molecule has 138 valence electrons. The van der Waals surface area contributed by atoms with Gasteiger partial charge in [-0.25, -0.2) is 8.78 Å². The van der Waals surface area contributed by atoms with Crippen LogP contribution in [-0.2, 0) is 9.31 Å². The number of alkyl halides is 2. The lowest BCUT2D eigenvalue weighted by molar-refractivity contribution is -0.00285. The summed E-state index contributed by atoms with van der Waals surface area (Å²) < 4.78 is 38.8. The molecule has 2 aliphatic rings. The second-order valence-corrected chi connectivity index (χ2v) is 8.91. The van der Waals surface area contributed by atoms with Crippen LogP contribution in [0.15, 0.2) is 24.3 Å². The van der Waals surface area contributed by atoms with E-state index in [2.05, 4.69) is 12.1 Å². The van der Waals surface area contributed by atoms with Gasteiger partial charge < -0.3 is 9.31 Å². The van der Waals surface area contributed by atoms with Gasteiger partial charge in [0.05, 0.1) is 11.2 Å². The Morgan fingerprint density at radius 1 is 1.12 bits per heavy atom. The Hall–Kier alpha value is -0.935. The highest BCUT2D eigenvalue weighted by Crippen LogP contribution is 2.42. The summed E-state index contributed by atoms with van der Waals surface area (Å²) in [6.07, 6.45) is 2.71. The van der Waals surface area contributed by atoms with Gasteiger partial charge in [-0.1, -0.05) is 24.3 Å². The molecule has 1 saturated carbocycles. The number of rotatable bonds is 4. The summed E-state index contributed by atoms with van der Waals surface area (Å²) in [5.41, 5.74) is 1.51. The highest BCUT2D eigenvalue weighted by atomic mass is 19.3. The van der Waals surface area contributed by atoms with Crippen LogP contribution in [0.1, 0.15) is 71.8 Å². The topological polar surface area (TPSA) is 18.5 Å². The molecule has 3 rings (SSSR count). The molecule has 0 radical (unpaired) electrons. The third kappa shape index (κ3) is 4.08. The molecule has 0 amide bonds. The van der Waals surface area contributed by atoms with Crippen molar-refractivity contribution in [3.63, 3.8) is 0 Å². The van der Waals surface area contributed by atoms with E-state index in [-0.39, 0.29) is 30.7 Å². The summed E-state index contributed by atoms with van der Waals surface area (Å²) in [6.45, 7) is 9.21. The first kappa shape index (κ1) is 18.8. The molecule has 5 heteroatoms. The number of benzene rings is 1. The molecule has 2 fully saturated rings. The van der Waals surface area contributed by atoms with Gasteiger partial charge in [0.2, 0.25) is 5.92 Å². The van der Waals surface area contributed by atoms with Gasteiger partial charge in [-0.05, 0) is 76.7 Å². The van der Waals surface area contributed by atoms with E-state index in [0.717, 1.165) is 31.6 Å². The number of hydrogen-bond acceptors (Lipinski definition) is 2. The highest BCUT2D eigenvalue weighted by Gasteiger charge is 2.51. The van der Waals surface area contributed by atoms with E-state index in [4.69, 9.17) is 9.31 Å². The molecule has 1 aliphatic heterocycles. The van der Waals surface area contributed by atoms with Gasteiger partial charge in [0.1, 0.15) is 0 Å². The maximum atomic E-state index is 13.3. The molecule has 25 heavy (non-hydrogen) atoms. The molecule has 2 nitrogen and oxygen atoms in total. The average Bonchev–Trinajstić information content (AvgIpc) is 3.00. The second-order valence-electron chi connectivity index (χ2n) is 8.91. The summed E-state index contributed by atoms with van der Waals surface area (Å²) in [6, 6.07) is 8.29. The van der Waals surface area contributed by atoms with Crippen LogP contribution in [-0.4, -0.2) is 24.2 Å². The minimum Gasteiger partial charge on any atom is -0.399 e. The standard InChI is InChI=1S/C20H29BF2O2/c1-18(2)19(3,4)25-21(24-18)17-8-6-7-15(12-17)16-10-9-14(11-16)13-20(5,22)23/h6-8,12,14,16H,9-11,13H2,1-5H3. The predicted molar refractivity (Wildman–Crippen MR) is 97.5 cm³/mol. The lowest BCUT2D eigenvalue weighted by Gasteiger charge is -2.32. The lowest BCUT2D eigenvalue weighted by Crippen LogP contribution is -2.41. The Bertz CT molecular complexity index is 608. The van der Waals surface area contributed by atoms with Gasteiger partial charge in [0.25, 0.3) is 0 Å². The minimum atomic E-state index is -2.57. The highest BCUT2D eigenvalue weighted by molar-refractivity contribution is 6.62. The Morgan fingerprint density at radius 2 is 1.76 bits per heavy atom. The SMILES string of the molecule is CC(F)(F)CC1CCC(c2cccc(B3OC(C)(C)C(C)(C)O3)c2)C1. The van der Waals surface area contributed by atoms with Gasteiger partial charge in [-0.2, -0.15) is 0 Å². The zero-order valence-electron chi connectivity index (χ0n) is 15.9. The monoisotopic (exact) mass is 350 g/mol. The van der Waals surface area contributed by atoms with Crippen LogP contribution in [0.5, 0.6) is 0 Å². The van der Waals surface area contributed by atoms with E-state index < -0.39 is 5.92 Å². The van der Waals surface area contributed by atoms with E-state index >= 15 is 0 Å². The largest absolute Gasteiger partial charge is 0.494 e. The van der Waals surface area contributed by atoms with E-state index in [1.165, 1.54) is 5.56 Å². The molecule has 0 spiro atoms. The third-order valence-electron chi connectivity index (χ3n) is 6.10. The van der Waals surface area contributed by atoms with E-state index in [1.807, 2.05) is 39.8 Å². The fourth-order valence-corrected chi connectivity index (χ4v) is 4.01. The Kier molecular flexibility index (Phi) is 4.78. The second kappa shape index (κ2) is 6.35. The van der Waals surface area contributed by atoms with Crippen LogP contribution >= 0.6 is 0 Å². The van der Waals surface area contributed by atoms with Crippen molar-refractivity contribution >= 4 is 12.6 Å². The molecule has 1 aromatic rings. The lowest BCUT2D eigenvalue weighted by atomic mass is 9.77. The van der Waals surface area contributed by atoms with Crippen LogP contribution in [0.3, 0.4) is 0 Å². The van der Waals surface area contributed by atoms with Crippen LogP contribution in [0.25, 0.3) is 0 Å². The molecule has 0 bridgehead atoms. The summed E-state index contributed by atoms with van der Waals surface area (Å²) in [5, 5.41) is 0. The van der Waals surface area contributed by atoms with Gasteiger partial charge in [0, 0.05) is 6.42 Å². The van der Waals surface area contributed by atoms with Crippen molar-refractivity contribution < 1.29 is 18.1 Å². The molecule has 2 unspecified atom stereocenters. The first-order valence-electron chi connectivity index (χ1n) is 9.30. The molecule has 1 heterocycles.